The average Bonchev–Trinajstić information content (AvgIpc) is 2.79. The lowest BCUT2D eigenvalue weighted by atomic mass is 10.2. The Bertz CT molecular complexity index is 1580. The van der Waals surface area contributed by atoms with Gasteiger partial charge in [-0.15, -0.1) is 0 Å². The molecular weight excluding hydrogens is 454 g/mol. The van der Waals surface area contributed by atoms with Gasteiger partial charge < -0.3 is 4.74 Å². The van der Waals surface area contributed by atoms with Gasteiger partial charge in [0.25, 0.3) is 15.6 Å². The number of hydrogen-bond acceptors (Lipinski definition) is 6. The monoisotopic (exact) mass is 477 g/mol. The maximum absolute atomic E-state index is 13.0. The Morgan fingerprint density at radius 2 is 1.76 bits per heavy atom. The van der Waals surface area contributed by atoms with Crippen LogP contribution in [0.1, 0.15) is 32.9 Å². The van der Waals surface area contributed by atoms with Gasteiger partial charge in [-0.1, -0.05) is 30.3 Å². The molecule has 0 radical (unpaired) electrons. The number of hydrogen-bond donors (Lipinski definition) is 1. The zero-order valence-corrected chi connectivity index (χ0v) is 19.7. The van der Waals surface area contributed by atoms with Crippen LogP contribution in [0.4, 0.5) is 5.69 Å². The highest BCUT2D eigenvalue weighted by Crippen LogP contribution is 2.24. The van der Waals surface area contributed by atoms with Crippen LogP contribution >= 0.6 is 0 Å². The van der Waals surface area contributed by atoms with Crippen LogP contribution < -0.4 is 10.3 Å². The van der Waals surface area contributed by atoms with Crippen molar-refractivity contribution < 1.29 is 17.9 Å². The first-order chi connectivity index (χ1) is 16.2. The summed E-state index contributed by atoms with van der Waals surface area (Å²) in [6.07, 6.45) is 0. The fourth-order valence-electron chi connectivity index (χ4n) is 3.60. The van der Waals surface area contributed by atoms with Crippen molar-refractivity contribution in [1.82, 2.24) is 9.38 Å². The SMILES string of the molecule is Cc1ccc(C)c(S(=O)(=O)Nc2ccccc2C(=O)OCc2cc(=O)n3c(C)cccc3n2)c1. The van der Waals surface area contributed by atoms with Gasteiger partial charge in [0.15, 0.2) is 0 Å². The Labute approximate surface area is 196 Å². The Hall–Kier alpha value is -3.98. The first-order valence-electron chi connectivity index (χ1n) is 10.5. The number of benzene rings is 2. The number of esters is 1. The maximum Gasteiger partial charge on any atom is 0.340 e. The maximum atomic E-state index is 13.0. The van der Waals surface area contributed by atoms with E-state index in [9.17, 15) is 18.0 Å². The third kappa shape index (κ3) is 4.69. The van der Waals surface area contributed by atoms with Crippen molar-refractivity contribution in [3.63, 3.8) is 0 Å². The molecule has 34 heavy (non-hydrogen) atoms. The second kappa shape index (κ2) is 9.11. The highest BCUT2D eigenvalue weighted by molar-refractivity contribution is 7.92. The minimum atomic E-state index is -3.94. The number of pyridine rings is 1. The molecule has 0 spiro atoms. The molecule has 0 aliphatic carbocycles. The van der Waals surface area contributed by atoms with Crippen molar-refractivity contribution in [2.24, 2.45) is 0 Å². The lowest BCUT2D eigenvalue weighted by molar-refractivity contribution is 0.0469. The lowest BCUT2D eigenvalue weighted by Gasteiger charge is -2.14. The van der Waals surface area contributed by atoms with Crippen LogP contribution in [-0.2, 0) is 21.4 Å². The summed E-state index contributed by atoms with van der Waals surface area (Å²) in [5.41, 5.74) is 2.71. The number of rotatable bonds is 6. The minimum Gasteiger partial charge on any atom is -0.456 e. The van der Waals surface area contributed by atoms with E-state index in [0.717, 1.165) is 11.3 Å². The third-order valence-electron chi connectivity index (χ3n) is 5.31. The predicted octanol–water partition coefficient (Wildman–Crippen LogP) is 3.78. The summed E-state index contributed by atoms with van der Waals surface area (Å²) in [6, 6.07) is 17.9. The number of aryl methyl sites for hydroxylation is 3. The number of nitrogens with one attached hydrogen (secondary N) is 1. The van der Waals surface area contributed by atoms with E-state index in [1.165, 1.54) is 22.6 Å². The van der Waals surface area contributed by atoms with Crippen molar-refractivity contribution in [3.8, 4) is 0 Å². The van der Waals surface area contributed by atoms with Gasteiger partial charge in [-0.3, -0.25) is 13.9 Å². The molecule has 0 aliphatic heterocycles. The fraction of sp³-hybridized carbons (Fsp3) is 0.160. The quantitative estimate of drug-likeness (QED) is 0.424. The molecule has 8 nitrogen and oxygen atoms in total. The number of ether oxygens (including phenoxy) is 1. The second-order valence-corrected chi connectivity index (χ2v) is 9.59. The molecule has 0 unspecified atom stereocenters. The van der Waals surface area contributed by atoms with Gasteiger partial charge in [-0.2, -0.15) is 0 Å². The Morgan fingerprint density at radius 1 is 1.00 bits per heavy atom. The van der Waals surface area contributed by atoms with Gasteiger partial charge in [0.1, 0.15) is 12.3 Å². The molecule has 1 N–H and O–H groups in total. The molecule has 2 aromatic carbocycles. The summed E-state index contributed by atoms with van der Waals surface area (Å²) in [5.74, 6) is -0.745. The first-order valence-corrected chi connectivity index (χ1v) is 12.0. The fourth-order valence-corrected chi connectivity index (χ4v) is 5.01. The third-order valence-corrected chi connectivity index (χ3v) is 6.82. The molecule has 2 aromatic heterocycles. The Kier molecular flexibility index (Phi) is 6.21. The van der Waals surface area contributed by atoms with Crippen LogP contribution in [0.2, 0.25) is 0 Å². The van der Waals surface area contributed by atoms with Gasteiger partial charge in [0.05, 0.1) is 21.8 Å². The molecule has 174 valence electrons. The molecule has 0 saturated heterocycles. The van der Waals surface area contributed by atoms with E-state index in [4.69, 9.17) is 4.74 Å². The van der Waals surface area contributed by atoms with E-state index in [1.54, 1.807) is 63.2 Å². The molecule has 0 saturated carbocycles. The summed E-state index contributed by atoms with van der Waals surface area (Å²) in [4.78, 5) is 29.8. The normalized spacial score (nSPS) is 11.4. The molecule has 0 bridgehead atoms. The van der Waals surface area contributed by atoms with Crippen molar-refractivity contribution in [2.45, 2.75) is 32.3 Å². The van der Waals surface area contributed by atoms with Crippen LogP contribution in [0.3, 0.4) is 0 Å². The van der Waals surface area contributed by atoms with Crippen LogP contribution in [0.25, 0.3) is 5.65 Å². The number of carbonyl (C=O) groups is 1. The summed E-state index contributed by atoms with van der Waals surface area (Å²) in [7, 11) is -3.94. The molecule has 9 heteroatoms. The van der Waals surface area contributed by atoms with Crippen molar-refractivity contribution in [2.75, 3.05) is 4.72 Å². The first kappa shape index (κ1) is 23.2. The summed E-state index contributed by atoms with van der Waals surface area (Å²) in [5, 5.41) is 0. The van der Waals surface area contributed by atoms with Gasteiger partial charge in [0.2, 0.25) is 0 Å². The Balaban J connectivity index is 1.57. The predicted molar refractivity (Wildman–Crippen MR) is 128 cm³/mol. The van der Waals surface area contributed by atoms with E-state index in [1.807, 2.05) is 6.07 Å². The van der Waals surface area contributed by atoms with E-state index >= 15 is 0 Å². The average molecular weight is 478 g/mol. The molecular formula is C25H23N3O5S. The number of aromatic nitrogens is 2. The van der Waals surface area contributed by atoms with Crippen molar-refractivity contribution in [1.29, 1.82) is 0 Å². The Morgan fingerprint density at radius 3 is 2.56 bits per heavy atom. The van der Waals surface area contributed by atoms with E-state index in [0.29, 0.717) is 11.2 Å². The number of fused-ring (bicyclic) bond motifs is 1. The molecule has 0 aliphatic rings. The number of carbonyl (C=O) groups excluding carboxylic acids is 1. The van der Waals surface area contributed by atoms with E-state index in [2.05, 4.69) is 9.71 Å². The number of nitrogens with zero attached hydrogens (tertiary/aromatic N) is 2. The molecule has 4 rings (SSSR count). The lowest BCUT2D eigenvalue weighted by Crippen LogP contribution is -2.19. The zero-order chi connectivity index (χ0) is 24.5. The zero-order valence-electron chi connectivity index (χ0n) is 18.9. The van der Waals surface area contributed by atoms with Crippen molar-refractivity contribution in [3.05, 3.63) is 105 Å². The van der Waals surface area contributed by atoms with Gasteiger partial charge >= 0.3 is 5.97 Å². The summed E-state index contributed by atoms with van der Waals surface area (Å²) in [6.45, 7) is 5.06. The highest BCUT2D eigenvalue weighted by Gasteiger charge is 2.21. The minimum absolute atomic E-state index is 0.0461. The second-order valence-electron chi connectivity index (χ2n) is 7.94. The smallest absolute Gasteiger partial charge is 0.340 e. The molecule has 2 heterocycles. The molecule has 0 fully saturated rings. The van der Waals surface area contributed by atoms with Crippen LogP contribution in [0, 0.1) is 20.8 Å². The molecule has 4 aromatic rings. The summed E-state index contributed by atoms with van der Waals surface area (Å²) >= 11 is 0. The van der Waals surface area contributed by atoms with E-state index in [-0.39, 0.29) is 34.0 Å². The van der Waals surface area contributed by atoms with Crippen molar-refractivity contribution >= 4 is 27.3 Å². The van der Waals surface area contributed by atoms with Crippen LogP contribution in [0.5, 0.6) is 0 Å². The highest BCUT2D eigenvalue weighted by atomic mass is 32.2. The standard InChI is InChI=1S/C25H23N3O5S/c1-16-11-12-17(2)22(13-16)34(31,32)27-21-9-5-4-8-20(21)25(30)33-15-19-14-24(29)28-18(3)7-6-10-23(28)26-19/h4-14,27H,15H2,1-3H3. The van der Waals surface area contributed by atoms with Gasteiger partial charge in [-0.25, -0.2) is 18.2 Å². The van der Waals surface area contributed by atoms with Crippen LogP contribution in [-0.4, -0.2) is 23.8 Å². The topological polar surface area (TPSA) is 107 Å². The number of para-hydroxylation sites is 1. The van der Waals surface area contributed by atoms with Crippen LogP contribution in [0.15, 0.2) is 76.4 Å². The van der Waals surface area contributed by atoms with Gasteiger partial charge in [-0.05, 0) is 62.2 Å². The molecule has 0 amide bonds. The largest absolute Gasteiger partial charge is 0.456 e. The summed E-state index contributed by atoms with van der Waals surface area (Å²) < 4.78 is 35.3. The number of sulfonamides is 1. The van der Waals surface area contributed by atoms with E-state index < -0.39 is 16.0 Å². The molecule has 0 atom stereocenters. The number of anilines is 1. The van der Waals surface area contributed by atoms with Gasteiger partial charge in [0, 0.05) is 11.8 Å².